The summed E-state index contributed by atoms with van der Waals surface area (Å²) >= 11 is 3.40. The minimum Gasteiger partial charge on any atom is -0.294 e. The van der Waals surface area contributed by atoms with E-state index in [4.69, 9.17) is 0 Å². The Kier molecular flexibility index (Phi) is 4.11. The number of ketones is 1. The number of halogens is 1. The Bertz CT molecular complexity index is 568. The third-order valence-electron chi connectivity index (χ3n) is 2.65. The summed E-state index contributed by atoms with van der Waals surface area (Å²) in [7, 11) is 0. The number of carbonyl (C=O) groups is 1. The second-order valence-corrected chi connectivity index (χ2v) is 4.95. The zero-order valence-corrected chi connectivity index (χ0v) is 11.6. The fraction of sp³-hybridized carbons (Fsp3) is 0.0625. The van der Waals surface area contributed by atoms with Gasteiger partial charge in [0.1, 0.15) is 0 Å². The molecule has 0 spiro atoms. The molecule has 0 aromatic heterocycles. The normalized spacial score (nSPS) is 11.3. The fourth-order valence-corrected chi connectivity index (χ4v) is 2.00. The number of hydrogen-bond donors (Lipinski definition) is 0. The maximum absolute atomic E-state index is 11.7. The molecule has 2 rings (SSSR count). The Morgan fingerprint density at radius 3 is 2.17 bits per heavy atom. The van der Waals surface area contributed by atoms with Crippen molar-refractivity contribution in [3.8, 4) is 0 Å². The molecule has 0 N–H and O–H groups in total. The van der Waals surface area contributed by atoms with E-state index < -0.39 is 0 Å². The zero-order valence-electron chi connectivity index (χ0n) is 10.1. The first-order valence-electron chi connectivity index (χ1n) is 5.70. The van der Waals surface area contributed by atoms with Gasteiger partial charge < -0.3 is 0 Å². The van der Waals surface area contributed by atoms with Crippen LogP contribution in [0.15, 0.2) is 59.1 Å². The van der Waals surface area contributed by atoms with Crippen LogP contribution in [-0.2, 0) is 4.79 Å². The molecule has 0 aliphatic carbocycles. The Balaban J connectivity index is 2.43. The van der Waals surface area contributed by atoms with Crippen molar-refractivity contribution in [2.24, 2.45) is 0 Å². The van der Waals surface area contributed by atoms with Crippen LogP contribution in [0.5, 0.6) is 0 Å². The lowest BCUT2D eigenvalue weighted by Gasteiger charge is -2.04. The number of hydrogen-bond acceptors (Lipinski definition) is 1. The summed E-state index contributed by atoms with van der Waals surface area (Å²) < 4.78 is 1.03. The van der Waals surface area contributed by atoms with Crippen molar-refractivity contribution in [2.75, 3.05) is 0 Å². The van der Waals surface area contributed by atoms with E-state index >= 15 is 0 Å². The minimum absolute atomic E-state index is 0.0733. The molecule has 0 unspecified atom stereocenters. The van der Waals surface area contributed by atoms with Crippen LogP contribution in [0.3, 0.4) is 0 Å². The summed E-state index contributed by atoms with van der Waals surface area (Å²) in [5.41, 5.74) is 2.71. The molecule has 0 fully saturated rings. The SMILES string of the molecule is CC(=O)C(=Cc1ccc(Br)cc1)c1ccccc1. The van der Waals surface area contributed by atoms with E-state index in [1.807, 2.05) is 60.7 Å². The summed E-state index contributed by atoms with van der Waals surface area (Å²) in [5, 5.41) is 0. The summed E-state index contributed by atoms with van der Waals surface area (Å²) in [4.78, 5) is 11.7. The Labute approximate surface area is 115 Å². The summed E-state index contributed by atoms with van der Waals surface area (Å²) in [5.74, 6) is 0.0733. The number of Topliss-reactive ketones (excluding diaryl/α,β-unsaturated/α-hetero) is 1. The predicted molar refractivity (Wildman–Crippen MR) is 79.1 cm³/mol. The average Bonchev–Trinajstić information content (AvgIpc) is 2.38. The first-order chi connectivity index (χ1) is 8.66. The van der Waals surface area contributed by atoms with Crippen molar-refractivity contribution in [1.82, 2.24) is 0 Å². The molecule has 0 atom stereocenters. The monoisotopic (exact) mass is 300 g/mol. The van der Waals surface area contributed by atoms with Gasteiger partial charge in [-0.3, -0.25) is 4.79 Å². The zero-order chi connectivity index (χ0) is 13.0. The number of rotatable bonds is 3. The van der Waals surface area contributed by atoms with Crippen LogP contribution < -0.4 is 0 Å². The molecule has 0 radical (unpaired) electrons. The lowest BCUT2D eigenvalue weighted by atomic mass is 10.00. The molecule has 2 aromatic rings. The largest absolute Gasteiger partial charge is 0.294 e. The van der Waals surface area contributed by atoms with Gasteiger partial charge in [-0.25, -0.2) is 0 Å². The molecule has 18 heavy (non-hydrogen) atoms. The smallest absolute Gasteiger partial charge is 0.160 e. The van der Waals surface area contributed by atoms with Gasteiger partial charge in [0.05, 0.1) is 0 Å². The topological polar surface area (TPSA) is 17.1 Å². The van der Waals surface area contributed by atoms with Crippen molar-refractivity contribution < 1.29 is 4.79 Å². The maximum Gasteiger partial charge on any atom is 0.160 e. The quantitative estimate of drug-likeness (QED) is 0.599. The second kappa shape index (κ2) is 5.78. The molecule has 2 heteroatoms. The lowest BCUT2D eigenvalue weighted by molar-refractivity contribution is -0.111. The van der Waals surface area contributed by atoms with Gasteiger partial charge in [-0.2, -0.15) is 0 Å². The molecular formula is C16H13BrO. The van der Waals surface area contributed by atoms with Crippen LogP contribution in [0, 0.1) is 0 Å². The first-order valence-corrected chi connectivity index (χ1v) is 6.50. The summed E-state index contributed by atoms with van der Waals surface area (Å²) in [6, 6.07) is 17.6. The number of carbonyl (C=O) groups excluding carboxylic acids is 1. The van der Waals surface area contributed by atoms with Gasteiger partial charge >= 0.3 is 0 Å². The van der Waals surface area contributed by atoms with E-state index in [0.29, 0.717) is 0 Å². The summed E-state index contributed by atoms with van der Waals surface area (Å²) in [6.07, 6.45) is 1.92. The van der Waals surface area contributed by atoms with E-state index in [1.165, 1.54) is 0 Å². The van der Waals surface area contributed by atoms with Gasteiger partial charge in [0.15, 0.2) is 5.78 Å². The Morgan fingerprint density at radius 2 is 1.61 bits per heavy atom. The Hall–Kier alpha value is -1.67. The van der Waals surface area contributed by atoms with Gasteiger partial charge in [-0.15, -0.1) is 0 Å². The van der Waals surface area contributed by atoms with Crippen molar-refractivity contribution in [3.63, 3.8) is 0 Å². The third-order valence-corrected chi connectivity index (χ3v) is 3.17. The van der Waals surface area contributed by atoms with E-state index in [-0.39, 0.29) is 5.78 Å². The molecule has 0 amide bonds. The highest BCUT2D eigenvalue weighted by Crippen LogP contribution is 2.20. The molecule has 2 aromatic carbocycles. The van der Waals surface area contributed by atoms with Gasteiger partial charge in [0.25, 0.3) is 0 Å². The highest BCUT2D eigenvalue weighted by molar-refractivity contribution is 9.10. The molecule has 0 aliphatic heterocycles. The van der Waals surface area contributed by atoms with E-state index in [9.17, 15) is 4.79 Å². The van der Waals surface area contributed by atoms with Gasteiger partial charge in [0, 0.05) is 10.0 Å². The number of allylic oxidation sites excluding steroid dienone is 1. The van der Waals surface area contributed by atoms with Crippen molar-refractivity contribution >= 4 is 33.4 Å². The Morgan fingerprint density at radius 1 is 1.00 bits per heavy atom. The molecular weight excluding hydrogens is 288 g/mol. The fourth-order valence-electron chi connectivity index (χ4n) is 1.73. The van der Waals surface area contributed by atoms with E-state index in [1.54, 1.807) is 6.92 Å². The molecule has 1 nitrogen and oxygen atoms in total. The van der Waals surface area contributed by atoms with Gasteiger partial charge in [-0.05, 0) is 36.3 Å². The van der Waals surface area contributed by atoms with Crippen molar-refractivity contribution in [1.29, 1.82) is 0 Å². The molecule has 0 bridgehead atoms. The van der Waals surface area contributed by atoms with E-state index in [2.05, 4.69) is 15.9 Å². The van der Waals surface area contributed by atoms with Crippen LogP contribution in [0.2, 0.25) is 0 Å². The molecule has 90 valence electrons. The van der Waals surface area contributed by atoms with Gasteiger partial charge in [-0.1, -0.05) is 58.4 Å². The predicted octanol–water partition coefficient (Wildman–Crippen LogP) is 4.58. The van der Waals surface area contributed by atoms with Crippen molar-refractivity contribution in [2.45, 2.75) is 6.92 Å². The van der Waals surface area contributed by atoms with E-state index in [0.717, 1.165) is 21.2 Å². The summed E-state index contributed by atoms with van der Waals surface area (Å²) in [6.45, 7) is 1.59. The average molecular weight is 301 g/mol. The molecule has 0 saturated heterocycles. The minimum atomic E-state index is 0.0733. The number of benzene rings is 2. The molecule has 0 aliphatic rings. The maximum atomic E-state index is 11.7. The third kappa shape index (κ3) is 3.17. The molecule has 0 heterocycles. The highest BCUT2D eigenvalue weighted by Gasteiger charge is 2.06. The first kappa shape index (κ1) is 12.8. The lowest BCUT2D eigenvalue weighted by Crippen LogP contribution is -1.95. The van der Waals surface area contributed by atoms with Crippen molar-refractivity contribution in [3.05, 3.63) is 70.2 Å². The molecule has 0 saturated carbocycles. The second-order valence-electron chi connectivity index (χ2n) is 4.03. The van der Waals surface area contributed by atoms with Gasteiger partial charge in [0.2, 0.25) is 0 Å². The standard InChI is InChI=1S/C16H13BrO/c1-12(18)16(14-5-3-2-4-6-14)11-13-7-9-15(17)10-8-13/h2-11H,1H3. The van der Waals surface area contributed by atoms with Crippen LogP contribution >= 0.6 is 15.9 Å². The van der Waals surface area contributed by atoms with Crippen LogP contribution in [0.1, 0.15) is 18.1 Å². The van der Waals surface area contributed by atoms with Crippen LogP contribution in [-0.4, -0.2) is 5.78 Å². The highest BCUT2D eigenvalue weighted by atomic mass is 79.9. The van der Waals surface area contributed by atoms with Crippen LogP contribution in [0.4, 0.5) is 0 Å². The van der Waals surface area contributed by atoms with Crippen LogP contribution in [0.25, 0.3) is 11.6 Å².